The van der Waals surface area contributed by atoms with E-state index in [4.69, 9.17) is 0 Å². The summed E-state index contributed by atoms with van der Waals surface area (Å²) < 4.78 is 15.9. The van der Waals surface area contributed by atoms with Gasteiger partial charge in [-0.1, -0.05) is 50.2 Å². The van der Waals surface area contributed by atoms with Crippen molar-refractivity contribution in [3.8, 4) is 0 Å². The van der Waals surface area contributed by atoms with Gasteiger partial charge in [0, 0.05) is 18.2 Å². The summed E-state index contributed by atoms with van der Waals surface area (Å²) in [5.41, 5.74) is 0.649. The van der Waals surface area contributed by atoms with E-state index in [1.807, 2.05) is 10.6 Å². The van der Waals surface area contributed by atoms with Crippen LogP contribution in [0.15, 0.2) is 29.4 Å². The Morgan fingerprint density at radius 2 is 2.12 bits per heavy atom. The normalized spacial score (nSPS) is 14.5. The Morgan fingerprint density at radius 1 is 1.35 bits per heavy atom. The van der Waals surface area contributed by atoms with Crippen LogP contribution in [-0.4, -0.2) is 20.7 Å². The summed E-state index contributed by atoms with van der Waals surface area (Å²) in [6.45, 7) is 5.40. The summed E-state index contributed by atoms with van der Waals surface area (Å²) in [4.78, 5) is 12.1. The predicted molar refractivity (Wildman–Crippen MR) is 100 cm³/mol. The van der Waals surface area contributed by atoms with Crippen LogP contribution in [-0.2, 0) is 23.6 Å². The predicted octanol–water partition coefficient (Wildman–Crippen LogP) is 3.78. The SMILES string of the molecule is CC(C)Cn1c(CNC(=O)C2CCC2)nnc1SCc1ccccc1F. The summed E-state index contributed by atoms with van der Waals surface area (Å²) >= 11 is 1.47. The summed E-state index contributed by atoms with van der Waals surface area (Å²) in [5.74, 6) is 1.73. The smallest absolute Gasteiger partial charge is 0.223 e. The molecule has 0 bridgehead atoms. The molecule has 3 rings (SSSR count). The molecule has 1 aromatic carbocycles. The van der Waals surface area contributed by atoms with E-state index in [0.29, 0.717) is 23.8 Å². The van der Waals surface area contributed by atoms with Crippen molar-refractivity contribution in [3.63, 3.8) is 0 Å². The standard InChI is InChI=1S/C19H25FN4OS/c1-13(2)11-24-17(10-21-18(25)14-7-5-8-14)22-23-19(24)26-12-15-6-3-4-9-16(15)20/h3-4,6,9,13-14H,5,7-8,10-12H2,1-2H3,(H,21,25). The lowest BCUT2D eigenvalue weighted by molar-refractivity contribution is -0.127. The van der Waals surface area contributed by atoms with Crippen molar-refractivity contribution in [3.05, 3.63) is 41.5 Å². The van der Waals surface area contributed by atoms with Crippen molar-refractivity contribution in [1.82, 2.24) is 20.1 Å². The number of carbonyl (C=O) groups is 1. The Labute approximate surface area is 157 Å². The lowest BCUT2D eigenvalue weighted by Gasteiger charge is -2.24. The zero-order valence-corrected chi connectivity index (χ0v) is 16.1. The van der Waals surface area contributed by atoms with E-state index in [1.165, 1.54) is 17.8 Å². The lowest BCUT2D eigenvalue weighted by Crippen LogP contribution is -2.34. The maximum absolute atomic E-state index is 13.8. The van der Waals surface area contributed by atoms with E-state index in [0.717, 1.165) is 36.8 Å². The topological polar surface area (TPSA) is 59.8 Å². The van der Waals surface area contributed by atoms with Gasteiger partial charge in [-0.2, -0.15) is 0 Å². The molecule has 1 amide bonds. The van der Waals surface area contributed by atoms with Gasteiger partial charge in [0.05, 0.1) is 6.54 Å². The average molecular weight is 377 g/mol. The number of nitrogens with one attached hydrogen (secondary N) is 1. The molecule has 1 heterocycles. The van der Waals surface area contributed by atoms with E-state index in [1.54, 1.807) is 12.1 Å². The highest BCUT2D eigenvalue weighted by Crippen LogP contribution is 2.27. The van der Waals surface area contributed by atoms with Gasteiger partial charge in [-0.25, -0.2) is 4.39 Å². The van der Waals surface area contributed by atoms with Crippen molar-refractivity contribution >= 4 is 17.7 Å². The van der Waals surface area contributed by atoms with Crippen molar-refractivity contribution in [2.75, 3.05) is 0 Å². The Morgan fingerprint density at radius 3 is 2.77 bits per heavy atom. The third kappa shape index (κ3) is 4.63. The number of halogens is 1. The summed E-state index contributed by atoms with van der Waals surface area (Å²) in [6, 6.07) is 6.77. The zero-order chi connectivity index (χ0) is 18.5. The molecule has 2 aromatic rings. The molecule has 0 unspecified atom stereocenters. The number of thioether (sulfide) groups is 1. The molecular weight excluding hydrogens is 351 g/mol. The highest BCUT2D eigenvalue weighted by molar-refractivity contribution is 7.98. The summed E-state index contributed by atoms with van der Waals surface area (Å²) in [6.07, 6.45) is 3.10. The summed E-state index contributed by atoms with van der Waals surface area (Å²) in [5, 5.41) is 12.3. The molecular formula is C19H25FN4OS. The molecule has 1 saturated carbocycles. The molecule has 0 saturated heterocycles. The molecule has 5 nitrogen and oxygen atoms in total. The first kappa shape index (κ1) is 18.9. The molecule has 0 radical (unpaired) electrons. The lowest BCUT2D eigenvalue weighted by atomic mass is 9.85. The Hall–Kier alpha value is -1.89. The fraction of sp³-hybridized carbons (Fsp3) is 0.526. The van der Waals surface area contributed by atoms with Gasteiger partial charge in [0.25, 0.3) is 0 Å². The zero-order valence-electron chi connectivity index (χ0n) is 15.2. The molecule has 0 spiro atoms. The van der Waals surface area contributed by atoms with Crippen LogP contribution in [0.5, 0.6) is 0 Å². The minimum Gasteiger partial charge on any atom is -0.349 e. The van der Waals surface area contributed by atoms with Crippen molar-refractivity contribution in [1.29, 1.82) is 0 Å². The fourth-order valence-electron chi connectivity index (χ4n) is 2.84. The highest BCUT2D eigenvalue weighted by atomic mass is 32.2. The van der Waals surface area contributed by atoms with Gasteiger partial charge in [-0.3, -0.25) is 4.79 Å². The van der Waals surface area contributed by atoms with E-state index in [-0.39, 0.29) is 17.6 Å². The van der Waals surface area contributed by atoms with Crippen LogP contribution in [0.3, 0.4) is 0 Å². The van der Waals surface area contributed by atoms with Crippen molar-refractivity contribution in [2.45, 2.75) is 57.1 Å². The Kier molecular flexibility index (Phi) is 6.29. The third-order valence-electron chi connectivity index (χ3n) is 4.55. The molecule has 1 aliphatic carbocycles. The van der Waals surface area contributed by atoms with E-state index < -0.39 is 0 Å². The number of rotatable bonds is 8. The van der Waals surface area contributed by atoms with Crippen molar-refractivity contribution in [2.24, 2.45) is 11.8 Å². The molecule has 0 atom stereocenters. The quantitative estimate of drug-likeness (QED) is 0.712. The van der Waals surface area contributed by atoms with E-state index in [2.05, 4.69) is 29.4 Å². The van der Waals surface area contributed by atoms with Gasteiger partial charge >= 0.3 is 0 Å². The molecule has 26 heavy (non-hydrogen) atoms. The first-order chi connectivity index (χ1) is 12.5. The Balaban J connectivity index is 1.67. The number of carbonyl (C=O) groups excluding carboxylic acids is 1. The van der Waals surface area contributed by atoms with Crippen LogP contribution in [0.25, 0.3) is 0 Å². The molecule has 1 fully saturated rings. The van der Waals surface area contributed by atoms with Crippen LogP contribution in [0, 0.1) is 17.7 Å². The maximum Gasteiger partial charge on any atom is 0.223 e. The second-order valence-corrected chi connectivity index (χ2v) is 8.07. The third-order valence-corrected chi connectivity index (χ3v) is 5.57. The largest absolute Gasteiger partial charge is 0.349 e. The average Bonchev–Trinajstić information content (AvgIpc) is 2.92. The van der Waals surface area contributed by atoms with Gasteiger partial charge in [-0.15, -0.1) is 10.2 Å². The number of hydrogen-bond acceptors (Lipinski definition) is 4. The van der Waals surface area contributed by atoms with Gasteiger partial charge in [0.1, 0.15) is 5.82 Å². The number of benzene rings is 1. The molecule has 1 N–H and O–H groups in total. The molecule has 0 aliphatic heterocycles. The fourth-order valence-corrected chi connectivity index (χ4v) is 3.80. The first-order valence-electron chi connectivity index (χ1n) is 9.10. The molecule has 1 aromatic heterocycles. The van der Waals surface area contributed by atoms with Gasteiger partial charge in [0.2, 0.25) is 5.91 Å². The highest BCUT2D eigenvalue weighted by Gasteiger charge is 2.25. The van der Waals surface area contributed by atoms with Crippen LogP contribution >= 0.6 is 11.8 Å². The van der Waals surface area contributed by atoms with Gasteiger partial charge < -0.3 is 9.88 Å². The number of hydrogen-bond donors (Lipinski definition) is 1. The van der Waals surface area contributed by atoms with Gasteiger partial charge in [-0.05, 0) is 30.4 Å². The maximum atomic E-state index is 13.8. The minimum absolute atomic E-state index is 0.107. The van der Waals surface area contributed by atoms with Gasteiger partial charge in [0.15, 0.2) is 11.0 Å². The molecule has 7 heteroatoms. The number of nitrogens with zero attached hydrogens (tertiary/aromatic N) is 3. The van der Waals surface area contributed by atoms with Crippen LogP contribution < -0.4 is 5.32 Å². The van der Waals surface area contributed by atoms with Crippen LogP contribution in [0.4, 0.5) is 4.39 Å². The van der Waals surface area contributed by atoms with E-state index >= 15 is 0 Å². The van der Waals surface area contributed by atoms with Crippen molar-refractivity contribution < 1.29 is 9.18 Å². The molecule has 1 aliphatic rings. The minimum atomic E-state index is -0.206. The van der Waals surface area contributed by atoms with Crippen LogP contribution in [0.2, 0.25) is 0 Å². The second-order valence-electron chi connectivity index (χ2n) is 7.13. The summed E-state index contributed by atoms with van der Waals surface area (Å²) in [7, 11) is 0. The first-order valence-corrected chi connectivity index (χ1v) is 10.1. The second kappa shape index (κ2) is 8.66. The number of aromatic nitrogens is 3. The van der Waals surface area contributed by atoms with E-state index in [9.17, 15) is 9.18 Å². The monoisotopic (exact) mass is 376 g/mol. The Bertz CT molecular complexity index is 758. The number of amides is 1. The van der Waals surface area contributed by atoms with Crippen LogP contribution in [0.1, 0.15) is 44.5 Å². The molecule has 140 valence electrons.